The zero-order valence-corrected chi connectivity index (χ0v) is 32.1. The molecule has 0 aromatic heterocycles. The Hall–Kier alpha value is -0.810. The van der Waals surface area contributed by atoms with E-state index in [1.54, 1.807) is 13.8 Å². The molecule has 8 fully saturated rings. The number of carbonyl (C=O) groups is 1. The summed E-state index contributed by atoms with van der Waals surface area (Å²) in [7, 11) is 0. The Labute approximate surface area is 300 Å². The molecule has 8 aliphatic rings. The number of hydrogen-bond acceptors (Lipinski definition) is 8. The number of piperidine rings is 1. The Bertz CT molecular complexity index is 1310. The van der Waals surface area contributed by atoms with Crippen molar-refractivity contribution >= 4 is 5.91 Å². The second-order valence-corrected chi connectivity index (χ2v) is 20.3. The van der Waals surface area contributed by atoms with E-state index >= 15 is 0 Å². The average Bonchev–Trinajstić information content (AvgIpc) is 3.70. The smallest absolute Gasteiger partial charge is 0.223 e. The van der Waals surface area contributed by atoms with Crippen LogP contribution in [0.15, 0.2) is 0 Å². The Morgan fingerprint density at radius 2 is 1.72 bits per heavy atom. The predicted octanol–water partition coefficient (Wildman–Crippen LogP) is 4.89. The monoisotopic (exact) mass is 701 g/mol. The molecule has 0 radical (unpaired) electrons. The van der Waals surface area contributed by atoms with E-state index < -0.39 is 23.9 Å². The molecule has 4 N–H and O–H groups in total. The van der Waals surface area contributed by atoms with E-state index in [9.17, 15) is 20.1 Å². The second-order valence-electron chi connectivity index (χ2n) is 20.3. The van der Waals surface area contributed by atoms with Crippen LogP contribution in [0.5, 0.6) is 0 Å². The van der Waals surface area contributed by atoms with Crippen LogP contribution in [0.2, 0.25) is 0 Å². The largest absolute Gasteiger partial charge is 0.390 e. The van der Waals surface area contributed by atoms with Crippen molar-refractivity contribution in [1.29, 1.82) is 0 Å². The van der Waals surface area contributed by atoms with Crippen LogP contribution in [0, 0.1) is 56.7 Å². The van der Waals surface area contributed by atoms with Crippen molar-refractivity contribution in [2.24, 2.45) is 56.7 Å². The van der Waals surface area contributed by atoms with Crippen molar-refractivity contribution in [2.45, 2.75) is 162 Å². The molecule has 9 heteroatoms. The molecule has 14 atom stereocenters. The first-order valence-corrected chi connectivity index (χ1v) is 20.5. The van der Waals surface area contributed by atoms with Crippen LogP contribution < -0.4 is 5.32 Å². The molecule has 0 bridgehead atoms. The third-order valence-electron chi connectivity index (χ3n) is 17.5. The van der Waals surface area contributed by atoms with E-state index in [1.807, 2.05) is 4.90 Å². The van der Waals surface area contributed by atoms with Gasteiger partial charge in [-0.25, -0.2) is 0 Å². The molecule has 8 rings (SSSR count). The first-order valence-electron chi connectivity index (χ1n) is 20.5. The predicted molar refractivity (Wildman–Crippen MR) is 190 cm³/mol. The van der Waals surface area contributed by atoms with Crippen molar-refractivity contribution in [3.63, 3.8) is 0 Å². The first-order chi connectivity index (χ1) is 23.5. The molecule has 0 aromatic rings. The summed E-state index contributed by atoms with van der Waals surface area (Å²) in [6, 6.07) is 0. The molecule has 9 nitrogen and oxygen atoms in total. The molecule has 3 heterocycles. The summed E-state index contributed by atoms with van der Waals surface area (Å²) >= 11 is 0. The van der Waals surface area contributed by atoms with E-state index in [2.05, 4.69) is 39.9 Å². The van der Waals surface area contributed by atoms with Gasteiger partial charge in [0.15, 0.2) is 6.29 Å². The fourth-order valence-corrected chi connectivity index (χ4v) is 14.8. The van der Waals surface area contributed by atoms with E-state index in [1.165, 1.54) is 12.8 Å². The van der Waals surface area contributed by atoms with Gasteiger partial charge in [-0.1, -0.05) is 34.6 Å². The molecule has 3 aliphatic heterocycles. The van der Waals surface area contributed by atoms with Crippen LogP contribution in [0.1, 0.15) is 119 Å². The Morgan fingerprint density at radius 1 is 1.02 bits per heavy atom. The van der Waals surface area contributed by atoms with E-state index in [0.29, 0.717) is 56.2 Å². The minimum Gasteiger partial charge on any atom is -0.390 e. The van der Waals surface area contributed by atoms with Gasteiger partial charge >= 0.3 is 0 Å². The summed E-state index contributed by atoms with van der Waals surface area (Å²) < 4.78 is 19.8. The maximum absolute atomic E-state index is 13.3. The average molecular weight is 701 g/mol. The third-order valence-corrected chi connectivity index (χ3v) is 17.5. The molecular formula is C41H68N2O7. The van der Waals surface area contributed by atoms with E-state index in [0.717, 1.165) is 58.0 Å². The number of nitrogens with one attached hydrogen (secondary N) is 1. The normalized spacial score (nSPS) is 50.7. The number of aliphatic hydroxyl groups is 3. The van der Waals surface area contributed by atoms with Crippen LogP contribution in [0.25, 0.3) is 0 Å². The highest BCUT2D eigenvalue weighted by Gasteiger charge is 2.84. The van der Waals surface area contributed by atoms with E-state index in [4.69, 9.17) is 14.2 Å². The molecule has 0 aromatic carbocycles. The van der Waals surface area contributed by atoms with Gasteiger partial charge < -0.3 is 39.7 Å². The number of aliphatic hydroxyl groups excluding tert-OH is 2. The molecule has 5 saturated carbocycles. The van der Waals surface area contributed by atoms with E-state index in [-0.39, 0.29) is 57.4 Å². The highest BCUT2D eigenvalue weighted by atomic mass is 16.7. The number of hydrogen-bond donors (Lipinski definition) is 4. The summed E-state index contributed by atoms with van der Waals surface area (Å²) in [6.45, 7) is 19.1. The van der Waals surface area contributed by atoms with Gasteiger partial charge in [-0.15, -0.1) is 0 Å². The zero-order valence-electron chi connectivity index (χ0n) is 32.1. The lowest BCUT2D eigenvalue weighted by atomic mass is 9.41. The molecule has 50 heavy (non-hydrogen) atoms. The van der Waals surface area contributed by atoms with Gasteiger partial charge in [-0.3, -0.25) is 4.79 Å². The molecule has 2 spiro atoms. The van der Waals surface area contributed by atoms with Crippen LogP contribution in [0.4, 0.5) is 0 Å². The van der Waals surface area contributed by atoms with Crippen LogP contribution in [-0.2, 0) is 19.0 Å². The number of rotatable bonds is 6. The third kappa shape index (κ3) is 5.05. The molecule has 3 saturated heterocycles. The molecule has 14 unspecified atom stereocenters. The SMILES string of the molecule is CC1CC(C(O)C(C)(C)O)OC2C1C1(C)CCC34CC35CCC(OC3CN(C(=O)CC6CCNCC6)CCO3)C(C)(C)C5CCC4C1(C)C2O. The number of carbonyl (C=O) groups excluding carboxylic acids is 1. The summed E-state index contributed by atoms with van der Waals surface area (Å²) in [5.41, 5.74) is -1.05. The minimum absolute atomic E-state index is 0.0144. The van der Waals surface area contributed by atoms with Crippen molar-refractivity contribution < 1.29 is 34.3 Å². The van der Waals surface area contributed by atoms with Gasteiger partial charge in [0.25, 0.3) is 0 Å². The van der Waals surface area contributed by atoms with Crippen molar-refractivity contribution in [3.05, 3.63) is 0 Å². The highest BCUT2D eigenvalue weighted by molar-refractivity contribution is 5.76. The minimum atomic E-state index is -1.26. The maximum Gasteiger partial charge on any atom is 0.223 e. The van der Waals surface area contributed by atoms with Gasteiger partial charge in [-0.2, -0.15) is 0 Å². The quantitative estimate of drug-likeness (QED) is 0.309. The Balaban J connectivity index is 0.974. The van der Waals surface area contributed by atoms with Crippen molar-refractivity contribution in [1.82, 2.24) is 10.2 Å². The van der Waals surface area contributed by atoms with Crippen molar-refractivity contribution in [2.75, 3.05) is 32.8 Å². The lowest BCUT2D eigenvalue weighted by Crippen LogP contribution is -2.60. The summed E-state index contributed by atoms with van der Waals surface area (Å²) in [5.74, 6) is 2.26. The number of amides is 1. The Morgan fingerprint density at radius 3 is 2.44 bits per heavy atom. The number of ether oxygens (including phenoxy) is 3. The highest BCUT2D eigenvalue weighted by Crippen LogP contribution is 2.89. The topological polar surface area (TPSA) is 121 Å². The van der Waals surface area contributed by atoms with Crippen LogP contribution in [-0.4, -0.2) is 101 Å². The summed E-state index contributed by atoms with van der Waals surface area (Å²) in [6.07, 6.45) is 8.88. The number of nitrogens with zero attached hydrogens (tertiary/aromatic N) is 1. The fraction of sp³-hybridized carbons (Fsp3) is 0.976. The van der Waals surface area contributed by atoms with Crippen molar-refractivity contribution in [3.8, 4) is 0 Å². The first kappa shape index (κ1) is 36.2. The van der Waals surface area contributed by atoms with Gasteiger partial charge in [0, 0.05) is 18.4 Å². The Kier molecular flexibility index (Phi) is 8.75. The number of fused-ring (bicyclic) bond motifs is 4. The number of morpholine rings is 1. The zero-order chi connectivity index (χ0) is 35.6. The fourth-order valence-electron chi connectivity index (χ4n) is 14.8. The van der Waals surface area contributed by atoms with Gasteiger partial charge in [0.05, 0.1) is 43.2 Å². The summed E-state index contributed by atoms with van der Waals surface area (Å²) in [4.78, 5) is 15.3. The second kappa shape index (κ2) is 12.1. The summed E-state index contributed by atoms with van der Waals surface area (Å²) in [5, 5.41) is 37.6. The van der Waals surface area contributed by atoms with Gasteiger partial charge in [-0.05, 0) is 142 Å². The van der Waals surface area contributed by atoms with Gasteiger partial charge in [0.1, 0.15) is 6.10 Å². The molecule has 1 amide bonds. The standard InChI is InChI=1S/C41H68N2O7/c1-24-20-26(34(45)37(4,5)47)49-33-32(24)38(6)14-15-41-23-40(41)13-10-29(36(2,3)27(40)8-9-28(41)39(38,7)35(33)46)50-31-22-43(18-19-48-31)30(44)21-25-11-16-42-17-12-25/h24-29,31-35,42,45-47H,8-23H2,1-7H3. The van der Waals surface area contributed by atoms with Crippen LogP contribution in [0.3, 0.4) is 0 Å². The molecular weight excluding hydrogens is 632 g/mol. The van der Waals surface area contributed by atoms with Crippen LogP contribution >= 0.6 is 0 Å². The maximum atomic E-state index is 13.3. The lowest BCUT2D eigenvalue weighted by Gasteiger charge is -2.64. The lowest BCUT2D eigenvalue weighted by molar-refractivity contribution is -0.248. The van der Waals surface area contributed by atoms with Gasteiger partial charge in [0.2, 0.25) is 5.91 Å². The molecule has 5 aliphatic carbocycles. The molecule has 284 valence electrons.